The predicted octanol–water partition coefficient (Wildman–Crippen LogP) is 4.75. The van der Waals surface area contributed by atoms with Gasteiger partial charge in [-0.05, 0) is 44.9 Å². The molecule has 0 bridgehead atoms. The third-order valence-corrected chi connectivity index (χ3v) is 4.15. The van der Waals surface area contributed by atoms with E-state index in [0.29, 0.717) is 0 Å². The molecule has 0 atom stereocenters. The summed E-state index contributed by atoms with van der Waals surface area (Å²) in [4.78, 5) is 4.89. The van der Waals surface area contributed by atoms with Gasteiger partial charge < -0.3 is 9.30 Å². The van der Waals surface area contributed by atoms with Crippen LogP contribution in [0.3, 0.4) is 0 Å². The van der Waals surface area contributed by atoms with Gasteiger partial charge >= 0.3 is 0 Å². The molecule has 0 fully saturated rings. The maximum absolute atomic E-state index is 5.50. The van der Waals surface area contributed by atoms with E-state index in [1.165, 1.54) is 22.2 Å². The number of rotatable bonds is 6. The van der Waals surface area contributed by atoms with E-state index in [-0.39, 0.29) is 0 Å². The van der Waals surface area contributed by atoms with Crippen molar-refractivity contribution in [2.45, 2.75) is 33.7 Å². The van der Waals surface area contributed by atoms with Crippen LogP contribution in [0.4, 0.5) is 0 Å². The van der Waals surface area contributed by atoms with Crippen molar-refractivity contribution in [2.24, 2.45) is 0 Å². The number of hydrogen-bond donors (Lipinski definition) is 0. The molecule has 3 rings (SSSR count). The highest BCUT2D eigenvalue weighted by Gasteiger charge is 2.13. The fraction of sp³-hybridized carbons (Fsp3) is 0.350. The number of ether oxygens (including phenoxy) is 1. The molecule has 0 aliphatic heterocycles. The lowest BCUT2D eigenvalue weighted by atomic mass is 10.1. The Hall–Kier alpha value is -2.13. The van der Waals surface area contributed by atoms with Gasteiger partial charge in [0.15, 0.2) is 0 Å². The van der Waals surface area contributed by atoms with Gasteiger partial charge in [0, 0.05) is 25.3 Å². The first-order chi connectivity index (χ1) is 11.2. The van der Waals surface area contributed by atoms with Crippen LogP contribution in [-0.4, -0.2) is 22.8 Å². The van der Waals surface area contributed by atoms with Crippen molar-refractivity contribution in [3.8, 4) is 11.4 Å². The molecule has 2 aromatic carbocycles. The zero-order chi connectivity index (χ0) is 16.2. The Morgan fingerprint density at radius 1 is 1.09 bits per heavy atom. The third-order valence-electron chi connectivity index (χ3n) is 4.15. The Labute approximate surface area is 137 Å². The summed E-state index contributed by atoms with van der Waals surface area (Å²) in [7, 11) is 0. The lowest BCUT2D eigenvalue weighted by Gasteiger charge is -2.11. The predicted molar refractivity (Wildman–Crippen MR) is 95.8 cm³/mol. The van der Waals surface area contributed by atoms with Crippen LogP contribution in [0.15, 0.2) is 42.5 Å². The fourth-order valence-electron chi connectivity index (χ4n) is 3.04. The number of fused-ring (bicyclic) bond motifs is 1. The zero-order valence-corrected chi connectivity index (χ0v) is 14.2. The van der Waals surface area contributed by atoms with E-state index in [1.54, 1.807) is 0 Å². The van der Waals surface area contributed by atoms with Crippen molar-refractivity contribution < 1.29 is 4.74 Å². The second-order valence-electron chi connectivity index (χ2n) is 5.94. The molecular formula is C20H24N2O. The van der Waals surface area contributed by atoms with Crippen molar-refractivity contribution in [1.82, 2.24) is 9.55 Å². The van der Waals surface area contributed by atoms with Crippen LogP contribution in [0.25, 0.3) is 22.4 Å². The molecule has 0 unspecified atom stereocenters. The van der Waals surface area contributed by atoms with Gasteiger partial charge in [-0.25, -0.2) is 4.98 Å². The standard InChI is InChI=1S/C20H24N2O/c1-4-23-13-7-12-22-19-9-6-5-8-18(19)21-20(22)17-11-10-15(2)14-16(17)3/h5-6,8-11,14H,4,7,12-13H2,1-3H3. The van der Waals surface area contributed by atoms with Crippen LogP contribution in [0.1, 0.15) is 24.5 Å². The fourth-order valence-corrected chi connectivity index (χ4v) is 3.04. The van der Waals surface area contributed by atoms with E-state index in [1.807, 2.05) is 13.0 Å². The molecule has 0 aliphatic rings. The maximum atomic E-state index is 5.50. The Balaban J connectivity index is 2.04. The van der Waals surface area contributed by atoms with Crippen LogP contribution in [0.2, 0.25) is 0 Å². The number of aromatic nitrogens is 2. The summed E-state index contributed by atoms with van der Waals surface area (Å²) in [6, 6.07) is 14.9. The minimum Gasteiger partial charge on any atom is -0.382 e. The van der Waals surface area contributed by atoms with E-state index in [4.69, 9.17) is 9.72 Å². The normalized spacial score (nSPS) is 11.3. The molecule has 120 valence electrons. The monoisotopic (exact) mass is 308 g/mol. The van der Waals surface area contributed by atoms with E-state index in [2.05, 4.69) is 54.8 Å². The SMILES string of the molecule is CCOCCCn1c(-c2ccc(C)cc2C)nc2ccccc21. The van der Waals surface area contributed by atoms with Crippen molar-refractivity contribution in [3.05, 3.63) is 53.6 Å². The quantitative estimate of drug-likeness (QED) is 0.615. The van der Waals surface area contributed by atoms with E-state index >= 15 is 0 Å². The summed E-state index contributed by atoms with van der Waals surface area (Å²) >= 11 is 0. The lowest BCUT2D eigenvalue weighted by molar-refractivity contribution is 0.142. The molecule has 0 aliphatic carbocycles. The Bertz CT molecular complexity index is 805. The van der Waals surface area contributed by atoms with Crippen molar-refractivity contribution in [3.63, 3.8) is 0 Å². The Kier molecular flexibility index (Phi) is 4.77. The van der Waals surface area contributed by atoms with E-state index in [9.17, 15) is 0 Å². The van der Waals surface area contributed by atoms with Gasteiger partial charge in [0.1, 0.15) is 5.82 Å². The minimum absolute atomic E-state index is 0.772. The number of nitrogens with zero attached hydrogens (tertiary/aromatic N) is 2. The summed E-state index contributed by atoms with van der Waals surface area (Å²) in [6.07, 6.45) is 0.992. The first kappa shape index (κ1) is 15.8. The molecule has 23 heavy (non-hydrogen) atoms. The average Bonchev–Trinajstić information content (AvgIpc) is 2.90. The summed E-state index contributed by atoms with van der Waals surface area (Å²) in [5, 5.41) is 0. The molecule has 1 heterocycles. The van der Waals surface area contributed by atoms with Gasteiger partial charge in [-0.2, -0.15) is 0 Å². The van der Waals surface area contributed by atoms with Crippen molar-refractivity contribution in [2.75, 3.05) is 13.2 Å². The summed E-state index contributed by atoms with van der Waals surface area (Å²) in [5.74, 6) is 1.06. The molecule has 3 heteroatoms. The van der Waals surface area contributed by atoms with Crippen LogP contribution in [-0.2, 0) is 11.3 Å². The molecule has 0 radical (unpaired) electrons. The van der Waals surface area contributed by atoms with Crippen molar-refractivity contribution >= 4 is 11.0 Å². The summed E-state index contributed by atoms with van der Waals surface area (Å²) < 4.78 is 7.82. The first-order valence-corrected chi connectivity index (χ1v) is 8.31. The molecule has 3 aromatic rings. The molecule has 0 amide bonds. The molecule has 1 aromatic heterocycles. The highest BCUT2D eigenvalue weighted by Crippen LogP contribution is 2.28. The Morgan fingerprint density at radius 2 is 1.91 bits per heavy atom. The van der Waals surface area contributed by atoms with Gasteiger partial charge in [-0.1, -0.05) is 35.9 Å². The van der Waals surface area contributed by atoms with Crippen LogP contribution in [0.5, 0.6) is 0 Å². The average molecular weight is 308 g/mol. The maximum Gasteiger partial charge on any atom is 0.141 e. The number of aryl methyl sites for hydroxylation is 3. The number of imidazole rings is 1. The van der Waals surface area contributed by atoms with E-state index in [0.717, 1.165) is 37.5 Å². The number of benzene rings is 2. The van der Waals surface area contributed by atoms with Crippen LogP contribution >= 0.6 is 0 Å². The first-order valence-electron chi connectivity index (χ1n) is 8.31. The number of para-hydroxylation sites is 2. The molecule has 3 nitrogen and oxygen atoms in total. The van der Waals surface area contributed by atoms with Gasteiger partial charge in [0.2, 0.25) is 0 Å². The van der Waals surface area contributed by atoms with Gasteiger partial charge in [-0.15, -0.1) is 0 Å². The largest absolute Gasteiger partial charge is 0.382 e. The molecule has 0 N–H and O–H groups in total. The highest BCUT2D eigenvalue weighted by molar-refractivity contribution is 5.81. The topological polar surface area (TPSA) is 27.1 Å². The zero-order valence-electron chi connectivity index (χ0n) is 14.2. The second-order valence-corrected chi connectivity index (χ2v) is 5.94. The van der Waals surface area contributed by atoms with Gasteiger partial charge in [-0.3, -0.25) is 0 Å². The molecular weight excluding hydrogens is 284 g/mol. The van der Waals surface area contributed by atoms with Gasteiger partial charge in [0.25, 0.3) is 0 Å². The molecule has 0 saturated carbocycles. The second kappa shape index (κ2) is 6.97. The smallest absolute Gasteiger partial charge is 0.141 e. The molecule has 0 saturated heterocycles. The van der Waals surface area contributed by atoms with Crippen LogP contribution < -0.4 is 0 Å². The minimum atomic E-state index is 0.772. The third kappa shape index (κ3) is 3.30. The van der Waals surface area contributed by atoms with Crippen LogP contribution in [0, 0.1) is 13.8 Å². The number of hydrogen-bond acceptors (Lipinski definition) is 2. The molecule has 0 spiro atoms. The summed E-state index contributed by atoms with van der Waals surface area (Å²) in [6.45, 7) is 8.80. The van der Waals surface area contributed by atoms with Crippen molar-refractivity contribution in [1.29, 1.82) is 0 Å². The summed E-state index contributed by atoms with van der Waals surface area (Å²) in [5.41, 5.74) is 6.01. The lowest BCUT2D eigenvalue weighted by Crippen LogP contribution is -2.05. The highest BCUT2D eigenvalue weighted by atomic mass is 16.5. The Morgan fingerprint density at radius 3 is 2.70 bits per heavy atom. The van der Waals surface area contributed by atoms with Gasteiger partial charge in [0.05, 0.1) is 11.0 Å². The van der Waals surface area contributed by atoms with E-state index < -0.39 is 0 Å².